The van der Waals surface area contributed by atoms with Crippen LogP contribution >= 0.6 is 0 Å². The van der Waals surface area contributed by atoms with Gasteiger partial charge in [-0.2, -0.15) is 0 Å². The van der Waals surface area contributed by atoms with Crippen LogP contribution in [0, 0.1) is 0 Å². The molecule has 7 heteroatoms. The van der Waals surface area contributed by atoms with Crippen LogP contribution in [0.4, 0.5) is 4.79 Å². The smallest absolute Gasteiger partial charge is 0.335 e. The number of nitrogens with one attached hydrogen (secondary N) is 1. The average molecular weight is 230 g/mol. The van der Waals surface area contributed by atoms with Gasteiger partial charge in [0.15, 0.2) is 18.7 Å². The van der Waals surface area contributed by atoms with Crippen LogP contribution in [-0.4, -0.2) is 45.8 Å². The van der Waals surface area contributed by atoms with E-state index in [9.17, 15) is 14.7 Å². The summed E-state index contributed by atoms with van der Waals surface area (Å²) in [5.41, 5.74) is 0.182. The molecule has 3 unspecified atom stereocenters. The maximum absolute atomic E-state index is 11.3. The monoisotopic (exact) mass is 230 g/mol. The molecule has 1 saturated heterocycles. The van der Waals surface area contributed by atoms with Crippen molar-refractivity contribution in [3.63, 3.8) is 0 Å². The maximum atomic E-state index is 11.3. The van der Waals surface area contributed by atoms with Crippen LogP contribution in [0.25, 0.3) is 0 Å². The van der Waals surface area contributed by atoms with E-state index in [1.165, 1.54) is 13.8 Å². The van der Waals surface area contributed by atoms with Crippen molar-refractivity contribution < 1.29 is 24.5 Å². The topological polar surface area (TPSA) is 99.1 Å². The van der Waals surface area contributed by atoms with E-state index in [0.717, 1.165) is 4.90 Å². The SMILES string of the molecule is C=C(C)C(=O)OC(C)N1C(=O)NC(O)C1O. The highest BCUT2D eigenvalue weighted by Gasteiger charge is 2.41. The summed E-state index contributed by atoms with van der Waals surface area (Å²) in [6, 6.07) is -0.706. The van der Waals surface area contributed by atoms with E-state index in [0.29, 0.717) is 0 Å². The molecule has 90 valence electrons. The van der Waals surface area contributed by atoms with Gasteiger partial charge in [-0.05, 0) is 13.8 Å². The Balaban J connectivity index is 2.67. The zero-order valence-corrected chi connectivity index (χ0v) is 9.01. The molecule has 0 aromatic rings. The van der Waals surface area contributed by atoms with Crippen molar-refractivity contribution in [2.45, 2.75) is 32.5 Å². The van der Waals surface area contributed by atoms with E-state index in [2.05, 4.69) is 11.9 Å². The van der Waals surface area contributed by atoms with Gasteiger partial charge in [0.1, 0.15) is 0 Å². The standard InChI is InChI=1S/C9H14N2O5/c1-4(2)8(14)16-5(3)11-7(13)6(12)10-9(11)15/h5-7,12-13H,1H2,2-3H3,(H,10,15). The van der Waals surface area contributed by atoms with Crippen LogP contribution < -0.4 is 5.32 Å². The first-order chi connectivity index (χ1) is 7.34. The molecule has 1 rings (SSSR count). The summed E-state index contributed by atoms with van der Waals surface area (Å²) >= 11 is 0. The molecule has 1 aliphatic heterocycles. The molecule has 0 spiro atoms. The minimum Gasteiger partial charge on any atom is -0.438 e. The number of esters is 1. The molecule has 3 atom stereocenters. The van der Waals surface area contributed by atoms with Crippen LogP contribution in [0.3, 0.4) is 0 Å². The first kappa shape index (κ1) is 12.5. The molecule has 3 N–H and O–H groups in total. The second-order valence-electron chi connectivity index (χ2n) is 3.50. The minimum atomic E-state index is -1.44. The Morgan fingerprint density at radius 1 is 1.62 bits per heavy atom. The Bertz CT molecular complexity index is 330. The molecule has 0 bridgehead atoms. The number of urea groups is 1. The summed E-state index contributed by atoms with van der Waals surface area (Å²) in [5.74, 6) is -0.672. The lowest BCUT2D eigenvalue weighted by Gasteiger charge is -2.26. The Labute approximate surface area is 92.3 Å². The van der Waals surface area contributed by atoms with Crippen molar-refractivity contribution in [3.05, 3.63) is 12.2 Å². The normalized spacial score (nSPS) is 26.2. The zero-order chi connectivity index (χ0) is 12.5. The number of hydrogen-bond acceptors (Lipinski definition) is 5. The molecule has 1 fully saturated rings. The van der Waals surface area contributed by atoms with Gasteiger partial charge in [-0.3, -0.25) is 4.90 Å². The number of carbonyl (C=O) groups is 2. The van der Waals surface area contributed by atoms with Gasteiger partial charge >= 0.3 is 12.0 Å². The predicted molar refractivity (Wildman–Crippen MR) is 52.8 cm³/mol. The third kappa shape index (κ3) is 2.31. The van der Waals surface area contributed by atoms with Crippen molar-refractivity contribution >= 4 is 12.0 Å². The maximum Gasteiger partial charge on any atom is 0.335 e. The van der Waals surface area contributed by atoms with Gasteiger partial charge in [-0.1, -0.05) is 6.58 Å². The number of nitrogens with zero attached hydrogens (tertiary/aromatic N) is 1. The second-order valence-corrected chi connectivity index (χ2v) is 3.50. The number of ether oxygens (including phenoxy) is 1. The lowest BCUT2D eigenvalue weighted by atomic mass is 10.3. The summed E-state index contributed by atoms with van der Waals surface area (Å²) < 4.78 is 4.84. The lowest BCUT2D eigenvalue weighted by molar-refractivity contribution is -0.158. The van der Waals surface area contributed by atoms with E-state index < -0.39 is 30.7 Å². The fraction of sp³-hybridized carbons (Fsp3) is 0.556. The number of amides is 2. The highest BCUT2D eigenvalue weighted by atomic mass is 16.6. The van der Waals surface area contributed by atoms with E-state index in [-0.39, 0.29) is 5.57 Å². The van der Waals surface area contributed by atoms with Crippen LogP contribution in [0.5, 0.6) is 0 Å². The number of rotatable bonds is 3. The molecule has 1 heterocycles. The van der Waals surface area contributed by atoms with E-state index >= 15 is 0 Å². The van der Waals surface area contributed by atoms with Gasteiger partial charge < -0.3 is 20.3 Å². The Kier molecular flexibility index (Phi) is 3.51. The molecule has 7 nitrogen and oxygen atoms in total. The summed E-state index contributed by atoms with van der Waals surface area (Å²) in [6.45, 7) is 6.25. The number of hydrogen-bond donors (Lipinski definition) is 3. The van der Waals surface area contributed by atoms with E-state index in [4.69, 9.17) is 9.84 Å². The number of aliphatic hydroxyl groups excluding tert-OH is 2. The molecule has 2 amide bonds. The molecule has 0 aromatic heterocycles. The van der Waals surface area contributed by atoms with Gasteiger partial charge in [0.2, 0.25) is 0 Å². The van der Waals surface area contributed by atoms with Crippen LogP contribution in [0.1, 0.15) is 13.8 Å². The highest BCUT2D eigenvalue weighted by molar-refractivity contribution is 5.87. The third-order valence-corrected chi connectivity index (χ3v) is 2.09. The molecule has 16 heavy (non-hydrogen) atoms. The summed E-state index contributed by atoms with van der Waals surface area (Å²) in [6.07, 6.45) is -3.82. The fourth-order valence-corrected chi connectivity index (χ4v) is 1.24. The Morgan fingerprint density at radius 3 is 2.56 bits per heavy atom. The highest BCUT2D eigenvalue weighted by Crippen LogP contribution is 2.15. The predicted octanol–water partition coefficient (Wildman–Crippen LogP) is -0.886. The third-order valence-electron chi connectivity index (χ3n) is 2.09. The molecular weight excluding hydrogens is 216 g/mol. The Hall–Kier alpha value is -1.60. The van der Waals surface area contributed by atoms with Gasteiger partial charge in [-0.15, -0.1) is 0 Å². The van der Waals surface area contributed by atoms with Crippen molar-refractivity contribution in [2.24, 2.45) is 0 Å². The molecule has 0 aliphatic carbocycles. The number of carbonyl (C=O) groups excluding carboxylic acids is 2. The minimum absolute atomic E-state index is 0.182. The van der Waals surface area contributed by atoms with Gasteiger partial charge in [0.05, 0.1) is 0 Å². The lowest BCUT2D eigenvalue weighted by Crippen LogP contribution is -2.44. The molecule has 0 saturated carbocycles. The summed E-state index contributed by atoms with van der Waals surface area (Å²) in [4.78, 5) is 23.3. The first-order valence-electron chi connectivity index (χ1n) is 4.66. The quantitative estimate of drug-likeness (QED) is 0.431. The van der Waals surface area contributed by atoms with Crippen LogP contribution in [0.2, 0.25) is 0 Å². The molecule has 0 aromatic carbocycles. The van der Waals surface area contributed by atoms with Gasteiger partial charge in [-0.25, -0.2) is 9.59 Å². The Morgan fingerprint density at radius 2 is 2.19 bits per heavy atom. The van der Waals surface area contributed by atoms with Crippen molar-refractivity contribution in [3.8, 4) is 0 Å². The average Bonchev–Trinajstić information content (AvgIpc) is 2.40. The fourth-order valence-electron chi connectivity index (χ4n) is 1.24. The van der Waals surface area contributed by atoms with E-state index in [1.807, 2.05) is 0 Å². The van der Waals surface area contributed by atoms with Gasteiger partial charge in [0, 0.05) is 5.57 Å². The largest absolute Gasteiger partial charge is 0.438 e. The summed E-state index contributed by atoms with van der Waals surface area (Å²) in [5, 5.41) is 20.7. The number of aliphatic hydroxyl groups is 2. The molecular formula is C9H14N2O5. The first-order valence-corrected chi connectivity index (χ1v) is 4.66. The molecule has 1 aliphatic rings. The second kappa shape index (κ2) is 4.50. The van der Waals surface area contributed by atoms with E-state index in [1.54, 1.807) is 0 Å². The van der Waals surface area contributed by atoms with Crippen LogP contribution in [0.15, 0.2) is 12.2 Å². The summed E-state index contributed by atoms with van der Waals surface area (Å²) in [7, 11) is 0. The van der Waals surface area contributed by atoms with Crippen LogP contribution in [-0.2, 0) is 9.53 Å². The van der Waals surface area contributed by atoms with Crippen molar-refractivity contribution in [1.82, 2.24) is 10.2 Å². The zero-order valence-electron chi connectivity index (χ0n) is 9.01. The van der Waals surface area contributed by atoms with Crippen molar-refractivity contribution in [1.29, 1.82) is 0 Å². The van der Waals surface area contributed by atoms with Gasteiger partial charge in [0.25, 0.3) is 0 Å². The van der Waals surface area contributed by atoms with Crippen molar-refractivity contribution in [2.75, 3.05) is 0 Å². The molecule has 0 radical (unpaired) electrons.